The molecule has 0 N–H and O–H groups in total. The molecule has 19 heavy (non-hydrogen) atoms. The molecule has 0 bridgehead atoms. The van der Waals surface area contributed by atoms with E-state index in [0.717, 1.165) is 18.1 Å². The smallest absolute Gasteiger partial charge is 0.164 e. The lowest BCUT2D eigenvalue weighted by atomic mass is 9.81. The molecule has 0 unspecified atom stereocenters. The molecule has 2 atom stereocenters. The largest absolute Gasteiger partial charge is 0.493 e. The fourth-order valence-electron chi connectivity index (χ4n) is 3.58. The Morgan fingerprint density at radius 3 is 3.11 bits per heavy atom. The van der Waals surface area contributed by atoms with E-state index in [1.165, 1.54) is 37.9 Å². The Balaban J connectivity index is 1.92. The fourth-order valence-corrected chi connectivity index (χ4v) is 3.58. The highest BCUT2D eigenvalue weighted by Gasteiger charge is 2.38. The minimum atomic E-state index is 0.549. The van der Waals surface area contributed by atoms with Crippen LogP contribution in [0.25, 0.3) is 0 Å². The number of nitrogens with zero attached hydrogens (tertiary/aromatic N) is 1. The summed E-state index contributed by atoms with van der Waals surface area (Å²) in [6, 6.07) is 6.84. The first kappa shape index (κ1) is 12.8. The molecule has 0 aliphatic carbocycles. The average Bonchev–Trinajstić information content (AvgIpc) is 2.47. The van der Waals surface area contributed by atoms with Gasteiger partial charge in [-0.1, -0.05) is 19.1 Å². The Kier molecular flexibility index (Phi) is 3.65. The summed E-state index contributed by atoms with van der Waals surface area (Å²) in [6.45, 7) is 5.46. The Bertz CT molecular complexity index is 444. The number of rotatable bonds is 3. The van der Waals surface area contributed by atoms with E-state index in [9.17, 15) is 0 Å². The van der Waals surface area contributed by atoms with Crippen LogP contribution in [-0.2, 0) is 0 Å². The van der Waals surface area contributed by atoms with E-state index in [1.807, 2.05) is 6.07 Å². The van der Waals surface area contributed by atoms with Crippen molar-refractivity contribution in [2.24, 2.45) is 0 Å². The number of ether oxygens (including phenoxy) is 2. The summed E-state index contributed by atoms with van der Waals surface area (Å²) in [4.78, 5) is 2.61. The summed E-state index contributed by atoms with van der Waals surface area (Å²) in [5, 5.41) is 0. The van der Waals surface area contributed by atoms with Crippen molar-refractivity contribution in [1.29, 1.82) is 0 Å². The van der Waals surface area contributed by atoms with Gasteiger partial charge in [0.2, 0.25) is 0 Å². The fraction of sp³-hybridized carbons (Fsp3) is 0.625. The molecule has 3 rings (SSSR count). The van der Waals surface area contributed by atoms with Gasteiger partial charge < -0.3 is 9.47 Å². The minimum Gasteiger partial charge on any atom is -0.493 e. The summed E-state index contributed by atoms with van der Waals surface area (Å²) in [7, 11) is 1.72. The van der Waals surface area contributed by atoms with Crippen LogP contribution in [0.2, 0.25) is 0 Å². The van der Waals surface area contributed by atoms with Crippen LogP contribution in [0.1, 0.15) is 37.7 Å². The van der Waals surface area contributed by atoms with Crippen LogP contribution in [0, 0.1) is 0 Å². The summed E-state index contributed by atoms with van der Waals surface area (Å²) < 4.78 is 11.5. The van der Waals surface area contributed by atoms with E-state index in [0.29, 0.717) is 12.0 Å². The molecule has 1 aromatic carbocycles. The van der Waals surface area contributed by atoms with Crippen LogP contribution >= 0.6 is 0 Å². The minimum absolute atomic E-state index is 0.549. The van der Waals surface area contributed by atoms with Crippen molar-refractivity contribution in [2.45, 2.75) is 38.1 Å². The van der Waals surface area contributed by atoms with Gasteiger partial charge in [0.25, 0.3) is 0 Å². The van der Waals surface area contributed by atoms with E-state index in [1.54, 1.807) is 7.11 Å². The molecule has 3 nitrogen and oxygen atoms in total. The predicted molar refractivity (Wildman–Crippen MR) is 76.1 cm³/mol. The van der Waals surface area contributed by atoms with Gasteiger partial charge in [-0.3, -0.25) is 4.90 Å². The summed E-state index contributed by atoms with van der Waals surface area (Å²) in [5.41, 5.74) is 1.34. The highest BCUT2D eigenvalue weighted by molar-refractivity contribution is 5.50. The zero-order valence-electron chi connectivity index (χ0n) is 11.9. The van der Waals surface area contributed by atoms with Crippen molar-refractivity contribution in [3.05, 3.63) is 23.8 Å². The molecule has 2 heterocycles. The molecule has 0 aromatic heterocycles. The molecule has 104 valence electrons. The van der Waals surface area contributed by atoms with Gasteiger partial charge in [-0.05, 0) is 38.4 Å². The maximum atomic E-state index is 6.02. The lowest BCUT2D eigenvalue weighted by molar-refractivity contribution is 0.0643. The number of methoxy groups -OCH3 is 1. The molecule has 0 amide bonds. The second-order valence-corrected chi connectivity index (χ2v) is 5.54. The van der Waals surface area contributed by atoms with Gasteiger partial charge >= 0.3 is 0 Å². The van der Waals surface area contributed by atoms with Crippen LogP contribution in [0.5, 0.6) is 11.5 Å². The standard InChI is InChI=1S/C16H23NO2/c1-3-9-17-10-5-7-12-13-6-4-8-15(18-2)16(13)19-11-14(12)17/h4,6,8,12,14H,3,5,7,9-11H2,1-2H3/t12-,14-/m1/s1. The molecule has 1 aromatic rings. The SMILES string of the molecule is CCCN1CCC[C@@H]2c3cccc(OC)c3OC[C@H]21. The van der Waals surface area contributed by atoms with Crippen LogP contribution < -0.4 is 9.47 Å². The molecule has 3 heteroatoms. The second-order valence-electron chi connectivity index (χ2n) is 5.54. The van der Waals surface area contributed by atoms with Gasteiger partial charge in [0.15, 0.2) is 11.5 Å². The molecule has 2 aliphatic heterocycles. The molecular weight excluding hydrogens is 238 g/mol. The summed E-state index contributed by atoms with van der Waals surface area (Å²) in [6.07, 6.45) is 3.78. The Labute approximate surface area is 115 Å². The van der Waals surface area contributed by atoms with Crippen molar-refractivity contribution >= 4 is 0 Å². The van der Waals surface area contributed by atoms with Crippen molar-refractivity contribution in [2.75, 3.05) is 26.8 Å². The van der Waals surface area contributed by atoms with Crippen LogP contribution in [0.15, 0.2) is 18.2 Å². The Morgan fingerprint density at radius 1 is 1.42 bits per heavy atom. The van der Waals surface area contributed by atoms with E-state index < -0.39 is 0 Å². The van der Waals surface area contributed by atoms with Crippen LogP contribution in [-0.4, -0.2) is 37.7 Å². The maximum Gasteiger partial charge on any atom is 0.164 e. The molecule has 0 saturated carbocycles. The number of benzene rings is 1. The van der Waals surface area contributed by atoms with E-state index in [-0.39, 0.29) is 0 Å². The highest BCUT2D eigenvalue weighted by Crippen LogP contribution is 2.45. The van der Waals surface area contributed by atoms with Gasteiger partial charge in [-0.2, -0.15) is 0 Å². The van der Waals surface area contributed by atoms with Gasteiger partial charge in [0.05, 0.1) is 13.2 Å². The van der Waals surface area contributed by atoms with Gasteiger partial charge in [-0.25, -0.2) is 0 Å². The first-order valence-electron chi connectivity index (χ1n) is 7.39. The molecule has 1 saturated heterocycles. The number of hydrogen-bond acceptors (Lipinski definition) is 3. The summed E-state index contributed by atoms with van der Waals surface area (Å²) >= 11 is 0. The van der Waals surface area contributed by atoms with E-state index >= 15 is 0 Å². The normalized spacial score (nSPS) is 26.2. The van der Waals surface area contributed by atoms with Crippen molar-refractivity contribution in [3.8, 4) is 11.5 Å². The van der Waals surface area contributed by atoms with Crippen molar-refractivity contribution in [1.82, 2.24) is 4.90 Å². The molecule has 0 radical (unpaired) electrons. The van der Waals surface area contributed by atoms with Crippen molar-refractivity contribution < 1.29 is 9.47 Å². The maximum absolute atomic E-state index is 6.02. The van der Waals surface area contributed by atoms with Crippen molar-refractivity contribution in [3.63, 3.8) is 0 Å². The van der Waals surface area contributed by atoms with E-state index in [4.69, 9.17) is 9.47 Å². The summed E-state index contributed by atoms with van der Waals surface area (Å²) in [5.74, 6) is 2.47. The number of likely N-dealkylation sites (tertiary alicyclic amines) is 1. The number of fused-ring (bicyclic) bond motifs is 3. The number of hydrogen-bond donors (Lipinski definition) is 0. The third-order valence-electron chi connectivity index (χ3n) is 4.43. The molecule has 0 spiro atoms. The third-order valence-corrected chi connectivity index (χ3v) is 4.43. The number of para-hydroxylation sites is 1. The van der Waals surface area contributed by atoms with Crippen LogP contribution in [0.4, 0.5) is 0 Å². The zero-order valence-corrected chi connectivity index (χ0v) is 11.9. The lowest BCUT2D eigenvalue weighted by Gasteiger charge is -2.44. The van der Waals surface area contributed by atoms with Crippen LogP contribution in [0.3, 0.4) is 0 Å². The first-order valence-corrected chi connectivity index (χ1v) is 7.39. The Morgan fingerprint density at radius 2 is 2.32 bits per heavy atom. The monoisotopic (exact) mass is 261 g/mol. The predicted octanol–water partition coefficient (Wildman–Crippen LogP) is 3.05. The van der Waals surface area contributed by atoms with Gasteiger partial charge in [0.1, 0.15) is 6.61 Å². The van der Waals surface area contributed by atoms with Gasteiger partial charge in [-0.15, -0.1) is 0 Å². The number of piperidine rings is 1. The Hall–Kier alpha value is -1.22. The lowest BCUT2D eigenvalue weighted by Crippen LogP contribution is -2.49. The molecule has 1 fully saturated rings. The molecular formula is C16H23NO2. The van der Waals surface area contributed by atoms with Gasteiger partial charge in [0, 0.05) is 11.5 Å². The zero-order chi connectivity index (χ0) is 13.2. The third kappa shape index (κ3) is 2.20. The first-order chi connectivity index (χ1) is 9.35. The molecule has 2 aliphatic rings. The van der Waals surface area contributed by atoms with E-state index in [2.05, 4.69) is 24.0 Å². The highest BCUT2D eigenvalue weighted by atomic mass is 16.5. The second kappa shape index (κ2) is 5.41. The quantitative estimate of drug-likeness (QED) is 0.834. The topological polar surface area (TPSA) is 21.7 Å². The average molecular weight is 261 g/mol.